The topological polar surface area (TPSA) is 38.5 Å². The molecule has 13 heavy (non-hydrogen) atoms. The van der Waals surface area contributed by atoms with Gasteiger partial charge >= 0.3 is 0 Å². The fourth-order valence-electron chi connectivity index (χ4n) is 1.71. The molecule has 4 heteroatoms. The molecule has 0 amide bonds. The fourth-order valence-corrected chi connectivity index (χ4v) is 1.90. The molecule has 0 radical (unpaired) electrons. The molecule has 1 aliphatic rings. The average molecular weight is 202 g/mol. The van der Waals surface area contributed by atoms with E-state index in [2.05, 4.69) is 11.8 Å². The number of morpholine rings is 1. The lowest BCUT2D eigenvalue weighted by Gasteiger charge is -2.33. The van der Waals surface area contributed by atoms with Gasteiger partial charge in [-0.3, -0.25) is 4.90 Å². The molecular weight excluding hydrogens is 184 g/mol. The van der Waals surface area contributed by atoms with Gasteiger partial charge in [0.1, 0.15) is 0 Å². The summed E-state index contributed by atoms with van der Waals surface area (Å²) in [6.07, 6.45) is 1.95. The summed E-state index contributed by atoms with van der Waals surface area (Å²) in [5.74, 6) is 0. The van der Waals surface area contributed by atoms with E-state index in [1.54, 1.807) is 0 Å². The van der Waals surface area contributed by atoms with E-state index in [1.807, 2.05) is 0 Å². The lowest BCUT2D eigenvalue weighted by Crippen LogP contribution is -2.44. The van der Waals surface area contributed by atoms with Crippen molar-refractivity contribution in [2.24, 2.45) is 5.73 Å². The number of hydrogen-bond donors (Lipinski definition) is 1. The maximum absolute atomic E-state index is 5.55. The maximum Gasteiger partial charge on any atom is 0.0743 e. The molecule has 1 rings (SSSR count). The van der Waals surface area contributed by atoms with Crippen LogP contribution >= 0.6 is 12.2 Å². The summed E-state index contributed by atoms with van der Waals surface area (Å²) in [6.45, 7) is 5.89. The van der Waals surface area contributed by atoms with Crippen molar-refractivity contribution in [3.05, 3.63) is 0 Å². The molecule has 3 nitrogen and oxygen atoms in total. The third kappa shape index (κ3) is 3.58. The van der Waals surface area contributed by atoms with Gasteiger partial charge in [0.2, 0.25) is 0 Å². The zero-order chi connectivity index (χ0) is 9.68. The van der Waals surface area contributed by atoms with Gasteiger partial charge in [-0.05, 0) is 6.42 Å². The predicted octanol–water partition coefficient (Wildman–Crippen LogP) is 0.773. The van der Waals surface area contributed by atoms with E-state index >= 15 is 0 Å². The summed E-state index contributed by atoms with van der Waals surface area (Å²) in [5, 5.41) is 0. The van der Waals surface area contributed by atoms with Gasteiger partial charge in [-0.25, -0.2) is 0 Å². The molecule has 1 unspecified atom stereocenters. The standard InChI is InChI=1S/C9H18N2OS/c1-2-8(7-9(10)13)11-3-5-12-6-4-11/h8H,2-7H2,1H3,(H2,10,13). The second-order valence-corrected chi connectivity index (χ2v) is 3.91. The quantitative estimate of drug-likeness (QED) is 0.684. The van der Waals surface area contributed by atoms with Crippen LogP contribution in [0.1, 0.15) is 19.8 Å². The van der Waals surface area contributed by atoms with Crippen molar-refractivity contribution in [2.45, 2.75) is 25.8 Å². The van der Waals surface area contributed by atoms with E-state index in [-0.39, 0.29) is 0 Å². The van der Waals surface area contributed by atoms with Gasteiger partial charge in [-0.15, -0.1) is 0 Å². The lowest BCUT2D eigenvalue weighted by atomic mass is 10.1. The van der Waals surface area contributed by atoms with E-state index in [0.29, 0.717) is 11.0 Å². The Morgan fingerprint density at radius 3 is 2.62 bits per heavy atom. The third-order valence-electron chi connectivity index (χ3n) is 2.47. The normalized spacial score (nSPS) is 21.3. The van der Waals surface area contributed by atoms with Gasteiger partial charge in [-0.2, -0.15) is 0 Å². The second kappa shape index (κ2) is 5.52. The van der Waals surface area contributed by atoms with E-state index in [9.17, 15) is 0 Å². The summed E-state index contributed by atoms with van der Waals surface area (Å²) in [4.78, 5) is 3.04. The number of ether oxygens (including phenoxy) is 1. The van der Waals surface area contributed by atoms with Crippen LogP contribution in [-0.4, -0.2) is 42.2 Å². The van der Waals surface area contributed by atoms with Crippen LogP contribution in [0, 0.1) is 0 Å². The third-order valence-corrected chi connectivity index (χ3v) is 2.64. The predicted molar refractivity (Wildman–Crippen MR) is 57.9 cm³/mol. The molecule has 1 aliphatic heterocycles. The van der Waals surface area contributed by atoms with Crippen LogP contribution in [0.2, 0.25) is 0 Å². The van der Waals surface area contributed by atoms with Crippen LogP contribution in [0.4, 0.5) is 0 Å². The molecule has 2 N–H and O–H groups in total. The summed E-state index contributed by atoms with van der Waals surface area (Å²) >= 11 is 4.93. The molecule has 0 aliphatic carbocycles. The molecule has 0 aromatic heterocycles. The van der Waals surface area contributed by atoms with E-state index in [1.165, 1.54) is 0 Å². The van der Waals surface area contributed by atoms with E-state index in [0.717, 1.165) is 39.1 Å². The zero-order valence-corrected chi connectivity index (χ0v) is 8.98. The van der Waals surface area contributed by atoms with Crippen LogP contribution < -0.4 is 5.73 Å². The minimum atomic E-state index is 0.515. The fraction of sp³-hybridized carbons (Fsp3) is 0.889. The number of rotatable bonds is 4. The van der Waals surface area contributed by atoms with Gasteiger partial charge < -0.3 is 10.5 Å². The molecule has 0 spiro atoms. The Morgan fingerprint density at radius 2 is 2.15 bits per heavy atom. The molecule has 1 fully saturated rings. The van der Waals surface area contributed by atoms with Crippen molar-refractivity contribution in [1.82, 2.24) is 4.90 Å². The molecule has 1 atom stereocenters. The smallest absolute Gasteiger partial charge is 0.0743 e. The number of nitrogens with two attached hydrogens (primary N) is 1. The van der Waals surface area contributed by atoms with E-state index < -0.39 is 0 Å². The summed E-state index contributed by atoms with van der Waals surface area (Å²) in [7, 11) is 0. The minimum Gasteiger partial charge on any atom is -0.393 e. The van der Waals surface area contributed by atoms with Crippen molar-refractivity contribution in [2.75, 3.05) is 26.3 Å². The Hall–Kier alpha value is -0.190. The Bertz CT molecular complexity index is 169. The van der Waals surface area contributed by atoms with Crippen LogP contribution in [-0.2, 0) is 4.74 Å². The highest BCUT2D eigenvalue weighted by Gasteiger charge is 2.19. The Morgan fingerprint density at radius 1 is 1.54 bits per heavy atom. The molecule has 76 valence electrons. The highest BCUT2D eigenvalue weighted by molar-refractivity contribution is 7.80. The SMILES string of the molecule is CCC(CC(N)=S)N1CCOCC1. The average Bonchev–Trinajstić information content (AvgIpc) is 2.15. The summed E-state index contributed by atoms with van der Waals surface area (Å²) in [5.41, 5.74) is 5.55. The van der Waals surface area contributed by atoms with Crippen molar-refractivity contribution in [3.63, 3.8) is 0 Å². The van der Waals surface area contributed by atoms with Crippen LogP contribution in [0.15, 0.2) is 0 Å². The monoisotopic (exact) mass is 202 g/mol. The first-order chi connectivity index (χ1) is 6.24. The number of thiocarbonyl (C=S) groups is 1. The van der Waals surface area contributed by atoms with Gasteiger partial charge in [-0.1, -0.05) is 19.1 Å². The number of nitrogens with zero attached hydrogens (tertiary/aromatic N) is 1. The van der Waals surface area contributed by atoms with Gasteiger partial charge in [0, 0.05) is 25.6 Å². The Labute approximate surface area is 85.2 Å². The first-order valence-electron chi connectivity index (χ1n) is 4.84. The Balaban J connectivity index is 2.39. The molecule has 0 aromatic carbocycles. The summed E-state index contributed by atoms with van der Waals surface area (Å²) in [6, 6.07) is 0.515. The second-order valence-electron chi connectivity index (χ2n) is 3.38. The molecule has 0 bridgehead atoms. The van der Waals surface area contributed by atoms with Gasteiger partial charge in [0.05, 0.1) is 18.2 Å². The molecule has 1 saturated heterocycles. The molecule has 0 aromatic rings. The van der Waals surface area contributed by atoms with Crippen molar-refractivity contribution >= 4 is 17.2 Å². The van der Waals surface area contributed by atoms with E-state index in [4.69, 9.17) is 22.7 Å². The summed E-state index contributed by atoms with van der Waals surface area (Å²) < 4.78 is 5.29. The van der Waals surface area contributed by atoms with Gasteiger partial charge in [0.15, 0.2) is 0 Å². The van der Waals surface area contributed by atoms with Crippen LogP contribution in [0.25, 0.3) is 0 Å². The molecular formula is C9H18N2OS. The lowest BCUT2D eigenvalue weighted by molar-refractivity contribution is 0.0173. The number of hydrogen-bond acceptors (Lipinski definition) is 3. The van der Waals surface area contributed by atoms with Crippen LogP contribution in [0.3, 0.4) is 0 Å². The Kier molecular flexibility index (Phi) is 4.62. The van der Waals surface area contributed by atoms with Gasteiger partial charge in [0.25, 0.3) is 0 Å². The minimum absolute atomic E-state index is 0.515. The highest BCUT2D eigenvalue weighted by atomic mass is 32.1. The molecule has 1 heterocycles. The van der Waals surface area contributed by atoms with Crippen molar-refractivity contribution < 1.29 is 4.74 Å². The first-order valence-corrected chi connectivity index (χ1v) is 5.25. The zero-order valence-electron chi connectivity index (χ0n) is 8.16. The first kappa shape index (κ1) is 10.9. The van der Waals surface area contributed by atoms with Crippen molar-refractivity contribution in [1.29, 1.82) is 0 Å². The van der Waals surface area contributed by atoms with Crippen molar-refractivity contribution in [3.8, 4) is 0 Å². The largest absolute Gasteiger partial charge is 0.393 e. The van der Waals surface area contributed by atoms with Crippen LogP contribution in [0.5, 0.6) is 0 Å². The molecule has 0 saturated carbocycles. The maximum atomic E-state index is 5.55. The highest BCUT2D eigenvalue weighted by Crippen LogP contribution is 2.10.